The van der Waals surface area contributed by atoms with E-state index >= 15 is 0 Å². The van der Waals surface area contributed by atoms with Gasteiger partial charge in [0.05, 0.1) is 5.69 Å². The van der Waals surface area contributed by atoms with Crippen LogP contribution in [0.3, 0.4) is 0 Å². The van der Waals surface area contributed by atoms with E-state index in [0.717, 1.165) is 94.0 Å². The molecule has 0 bridgehead atoms. The van der Waals surface area contributed by atoms with Crippen LogP contribution >= 0.6 is 0 Å². The first-order valence-electron chi connectivity index (χ1n) is 18.7. The predicted octanol–water partition coefficient (Wildman–Crippen LogP) is 15.1. The lowest BCUT2D eigenvalue weighted by molar-refractivity contribution is 0.669. The van der Waals surface area contributed by atoms with Gasteiger partial charge < -0.3 is 13.7 Å². The second-order valence-electron chi connectivity index (χ2n) is 14.1. The minimum Gasteiger partial charge on any atom is -0.456 e. The Labute approximate surface area is 317 Å². The summed E-state index contributed by atoms with van der Waals surface area (Å²) < 4.78 is 13.0. The molecule has 0 radical (unpaired) electrons. The fourth-order valence-corrected chi connectivity index (χ4v) is 8.20. The third-order valence-electron chi connectivity index (χ3n) is 10.9. The van der Waals surface area contributed by atoms with Crippen molar-refractivity contribution in [3.63, 3.8) is 0 Å². The molecule has 0 saturated carbocycles. The summed E-state index contributed by atoms with van der Waals surface area (Å²) in [5.74, 6) is 0. The van der Waals surface area contributed by atoms with Gasteiger partial charge in [-0.3, -0.25) is 0 Å². The highest BCUT2D eigenvalue weighted by Gasteiger charge is 2.21. The van der Waals surface area contributed by atoms with Crippen LogP contribution in [-0.4, -0.2) is 0 Å². The van der Waals surface area contributed by atoms with E-state index in [4.69, 9.17) is 8.83 Å². The number of furan rings is 2. The maximum absolute atomic E-state index is 6.90. The lowest BCUT2D eigenvalue weighted by Crippen LogP contribution is -2.10. The zero-order chi connectivity index (χ0) is 36.3. The smallest absolute Gasteiger partial charge is 0.143 e. The first kappa shape index (κ1) is 31.2. The van der Waals surface area contributed by atoms with Crippen LogP contribution in [0.25, 0.3) is 88.0 Å². The van der Waals surface area contributed by atoms with E-state index < -0.39 is 0 Å². The molecule has 0 fully saturated rings. The lowest BCUT2D eigenvalue weighted by atomic mass is 9.98. The lowest BCUT2D eigenvalue weighted by Gasteiger charge is -2.27. The summed E-state index contributed by atoms with van der Waals surface area (Å²) >= 11 is 0. The van der Waals surface area contributed by atoms with Gasteiger partial charge in [0.2, 0.25) is 0 Å². The standard InChI is InChI=1S/C52H33NO2/c1-3-12-34(13-4-1)35-22-24-37(25-23-35)41-19-11-20-45-47-33-48(42-16-7-8-18-44(42)52(47)55-51(41)45)53(39-14-5-2-6-15-39)40-29-26-36(27-30-40)38-28-31-50-46(32-38)43-17-9-10-21-49(43)54-50/h1-33H. The number of para-hydroxylation sites is 3. The van der Waals surface area contributed by atoms with Gasteiger partial charge in [-0.1, -0.05) is 152 Å². The molecule has 258 valence electrons. The summed E-state index contributed by atoms with van der Waals surface area (Å²) in [4.78, 5) is 2.36. The Balaban J connectivity index is 1.05. The number of nitrogens with zero attached hydrogens (tertiary/aromatic N) is 1. The Hall–Kier alpha value is -7.36. The van der Waals surface area contributed by atoms with Gasteiger partial charge >= 0.3 is 0 Å². The normalized spacial score (nSPS) is 11.6. The van der Waals surface area contributed by atoms with Crippen LogP contribution < -0.4 is 4.90 Å². The molecule has 0 aliphatic carbocycles. The molecule has 9 aromatic carbocycles. The predicted molar refractivity (Wildman–Crippen MR) is 229 cm³/mol. The molecule has 0 N–H and O–H groups in total. The maximum atomic E-state index is 6.90. The van der Waals surface area contributed by atoms with Crippen LogP contribution in [-0.2, 0) is 0 Å². The molecule has 0 spiro atoms. The van der Waals surface area contributed by atoms with Gasteiger partial charge in [-0.25, -0.2) is 0 Å². The van der Waals surface area contributed by atoms with E-state index in [0.29, 0.717) is 0 Å². The Bertz CT molecular complexity index is 3180. The molecule has 11 rings (SSSR count). The molecule has 2 aromatic heterocycles. The van der Waals surface area contributed by atoms with E-state index in [1.54, 1.807) is 0 Å². The number of hydrogen-bond donors (Lipinski definition) is 0. The minimum absolute atomic E-state index is 0.894. The van der Waals surface area contributed by atoms with E-state index in [-0.39, 0.29) is 0 Å². The van der Waals surface area contributed by atoms with E-state index in [9.17, 15) is 0 Å². The van der Waals surface area contributed by atoms with Crippen molar-refractivity contribution in [3.05, 3.63) is 200 Å². The van der Waals surface area contributed by atoms with Crippen LogP contribution in [0.1, 0.15) is 0 Å². The van der Waals surface area contributed by atoms with Crippen LogP contribution in [0.2, 0.25) is 0 Å². The molecule has 0 aliphatic rings. The first-order valence-corrected chi connectivity index (χ1v) is 18.7. The van der Waals surface area contributed by atoms with Crippen molar-refractivity contribution in [3.8, 4) is 33.4 Å². The summed E-state index contributed by atoms with van der Waals surface area (Å²) in [6.07, 6.45) is 0. The number of hydrogen-bond acceptors (Lipinski definition) is 3. The van der Waals surface area contributed by atoms with Gasteiger partial charge in [0.25, 0.3) is 0 Å². The third-order valence-corrected chi connectivity index (χ3v) is 10.9. The van der Waals surface area contributed by atoms with Crippen molar-refractivity contribution in [2.75, 3.05) is 4.90 Å². The second-order valence-corrected chi connectivity index (χ2v) is 14.1. The molecule has 3 heteroatoms. The molecule has 0 atom stereocenters. The molecule has 0 saturated heterocycles. The quantitative estimate of drug-likeness (QED) is 0.173. The average molecular weight is 704 g/mol. The van der Waals surface area contributed by atoms with Gasteiger partial charge in [0.1, 0.15) is 22.3 Å². The summed E-state index contributed by atoms with van der Waals surface area (Å²) in [7, 11) is 0. The highest BCUT2D eigenvalue weighted by atomic mass is 16.3. The van der Waals surface area contributed by atoms with Gasteiger partial charge in [-0.05, 0) is 76.3 Å². The minimum atomic E-state index is 0.894. The van der Waals surface area contributed by atoms with Gasteiger partial charge in [-0.15, -0.1) is 0 Å². The van der Waals surface area contributed by atoms with Crippen molar-refractivity contribution in [1.82, 2.24) is 0 Å². The summed E-state index contributed by atoms with van der Waals surface area (Å²) in [5, 5.41) is 6.64. The van der Waals surface area contributed by atoms with Crippen molar-refractivity contribution >= 4 is 71.7 Å². The monoisotopic (exact) mass is 703 g/mol. The van der Waals surface area contributed by atoms with Gasteiger partial charge in [-0.2, -0.15) is 0 Å². The largest absolute Gasteiger partial charge is 0.456 e. The average Bonchev–Trinajstić information content (AvgIpc) is 3.83. The van der Waals surface area contributed by atoms with Crippen molar-refractivity contribution < 1.29 is 8.83 Å². The summed E-state index contributed by atoms with van der Waals surface area (Å²) in [6.45, 7) is 0. The Kier molecular flexibility index (Phi) is 7.17. The fourth-order valence-electron chi connectivity index (χ4n) is 8.20. The van der Waals surface area contributed by atoms with Crippen LogP contribution in [0.5, 0.6) is 0 Å². The zero-order valence-electron chi connectivity index (χ0n) is 29.8. The van der Waals surface area contributed by atoms with Crippen LogP contribution in [0.15, 0.2) is 209 Å². The Morgan fingerprint density at radius 3 is 1.64 bits per heavy atom. The maximum Gasteiger partial charge on any atom is 0.143 e. The first-order chi connectivity index (χ1) is 27.3. The third kappa shape index (κ3) is 5.20. The highest BCUT2D eigenvalue weighted by molar-refractivity contribution is 6.21. The fraction of sp³-hybridized carbons (Fsp3) is 0. The highest BCUT2D eigenvalue weighted by Crippen LogP contribution is 2.46. The van der Waals surface area contributed by atoms with Crippen molar-refractivity contribution in [2.24, 2.45) is 0 Å². The molecule has 3 nitrogen and oxygen atoms in total. The summed E-state index contributed by atoms with van der Waals surface area (Å²) in [6, 6.07) is 70.9. The molecule has 55 heavy (non-hydrogen) atoms. The molecule has 0 aliphatic heterocycles. The van der Waals surface area contributed by atoms with E-state index in [1.807, 2.05) is 12.1 Å². The van der Waals surface area contributed by atoms with E-state index in [1.165, 1.54) is 11.1 Å². The zero-order valence-corrected chi connectivity index (χ0v) is 29.8. The van der Waals surface area contributed by atoms with Crippen LogP contribution in [0.4, 0.5) is 17.1 Å². The molecular formula is C52H33NO2. The Morgan fingerprint density at radius 1 is 0.291 bits per heavy atom. The molecular weight excluding hydrogens is 671 g/mol. The SMILES string of the molecule is c1ccc(-c2ccc(-c3cccc4c3oc3c5ccccc5c(N(c5ccccc5)c5ccc(-c6ccc7oc8ccccc8c7c6)cc5)cc43)cc2)cc1. The number of anilines is 3. The van der Waals surface area contributed by atoms with Gasteiger partial charge in [0, 0.05) is 49.3 Å². The summed E-state index contributed by atoms with van der Waals surface area (Å²) in [5.41, 5.74) is 13.7. The van der Waals surface area contributed by atoms with Crippen molar-refractivity contribution in [2.45, 2.75) is 0 Å². The van der Waals surface area contributed by atoms with Crippen LogP contribution in [0, 0.1) is 0 Å². The Morgan fingerprint density at radius 2 is 0.836 bits per heavy atom. The second kappa shape index (κ2) is 12.6. The number of benzene rings is 9. The van der Waals surface area contributed by atoms with Gasteiger partial charge in [0.15, 0.2) is 0 Å². The van der Waals surface area contributed by atoms with E-state index in [2.05, 4.69) is 193 Å². The molecule has 0 unspecified atom stereocenters. The topological polar surface area (TPSA) is 29.5 Å². The number of rotatable bonds is 6. The molecule has 11 aromatic rings. The van der Waals surface area contributed by atoms with Crippen molar-refractivity contribution in [1.29, 1.82) is 0 Å². The molecule has 0 amide bonds. The molecule has 2 heterocycles. The number of fused-ring (bicyclic) bond motifs is 8.